The molecule has 1 saturated heterocycles. The van der Waals surface area contributed by atoms with Crippen LogP contribution in [0.1, 0.15) is 22.9 Å². The maximum Gasteiger partial charge on any atom is 0.295 e. The molecular formula is C22H21N3O4S. The van der Waals surface area contributed by atoms with Crippen LogP contribution >= 0.6 is 11.3 Å². The summed E-state index contributed by atoms with van der Waals surface area (Å²) in [5.74, 6) is -0.899. The lowest BCUT2D eigenvalue weighted by Crippen LogP contribution is -2.31. The van der Waals surface area contributed by atoms with Crippen LogP contribution in [-0.2, 0) is 16.1 Å². The molecule has 2 aromatic heterocycles. The number of aryl methyl sites for hydroxylation is 1. The summed E-state index contributed by atoms with van der Waals surface area (Å²) < 4.78 is 7.15. The number of ether oxygens (including phenoxy) is 1. The molecule has 30 heavy (non-hydrogen) atoms. The summed E-state index contributed by atoms with van der Waals surface area (Å²) in [4.78, 5) is 32.2. The molecule has 8 heteroatoms. The SMILES string of the molecule is COc1cccc(/C(O)=C2\C(=O)C(=O)N(CCCn3ccnc3)[C@H]2c2cccs2)c1. The first-order chi connectivity index (χ1) is 14.6. The van der Waals surface area contributed by atoms with Crippen LogP contribution < -0.4 is 4.74 Å². The average Bonchev–Trinajstić information content (AvgIpc) is 3.52. The molecule has 3 heterocycles. The molecule has 0 saturated carbocycles. The number of likely N-dealkylation sites (tertiary alicyclic amines) is 1. The largest absolute Gasteiger partial charge is 0.507 e. The van der Waals surface area contributed by atoms with Crippen molar-refractivity contribution in [2.45, 2.75) is 19.0 Å². The van der Waals surface area contributed by atoms with Gasteiger partial charge in [0.15, 0.2) is 0 Å². The Kier molecular flexibility index (Phi) is 5.67. The summed E-state index contributed by atoms with van der Waals surface area (Å²) >= 11 is 1.45. The molecule has 0 unspecified atom stereocenters. The number of thiophene rings is 1. The van der Waals surface area contributed by atoms with Gasteiger partial charge in [-0.3, -0.25) is 9.59 Å². The highest BCUT2D eigenvalue weighted by Crippen LogP contribution is 2.41. The molecular weight excluding hydrogens is 402 g/mol. The van der Waals surface area contributed by atoms with Gasteiger partial charge in [-0.05, 0) is 30.0 Å². The molecule has 1 aliphatic heterocycles. The smallest absolute Gasteiger partial charge is 0.295 e. The molecule has 3 aromatic rings. The van der Waals surface area contributed by atoms with E-state index in [0.29, 0.717) is 30.8 Å². The normalized spacial score (nSPS) is 18.2. The van der Waals surface area contributed by atoms with E-state index < -0.39 is 17.7 Å². The van der Waals surface area contributed by atoms with E-state index in [9.17, 15) is 14.7 Å². The maximum atomic E-state index is 12.9. The highest BCUT2D eigenvalue weighted by atomic mass is 32.1. The van der Waals surface area contributed by atoms with E-state index in [2.05, 4.69) is 4.98 Å². The number of nitrogens with zero attached hydrogens (tertiary/aromatic N) is 3. The van der Waals surface area contributed by atoms with Gasteiger partial charge in [0, 0.05) is 35.9 Å². The molecule has 0 spiro atoms. The Bertz CT molecular complexity index is 1070. The van der Waals surface area contributed by atoms with Crippen molar-refractivity contribution in [2.75, 3.05) is 13.7 Å². The van der Waals surface area contributed by atoms with Crippen molar-refractivity contribution in [2.24, 2.45) is 0 Å². The molecule has 1 amide bonds. The molecule has 154 valence electrons. The van der Waals surface area contributed by atoms with Crippen LogP contribution in [-0.4, -0.2) is 44.9 Å². The number of hydrogen-bond donors (Lipinski definition) is 1. The lowest BCUT2D eigenvalue weighted by Gasteiger charge is -2.24. The fraction of sp³-hybridized carbons (Fsp3) is 0.227. The van der Waals surface area contributed by atoms with Crippen LogP contribution in [0, 0.1) is 0 Å². The number of imidazole rings is 1. The first-order valence-electron chi connectivity index (χ1n) is 9.52. The monoisotopic (exact) mass is 423 g/mol. The summed E-state index contributed by atoms with van der Waals surface area (Å²) in [6.07, 6.45) is 5.93. The minimum atomic E-state index is -0.670. The number of ketones is 1. The number of methoxy groups -OCH3 is 1. The Balaban J connectivity index is 1.69. The summed E-state index contributed by atoms with van der Waals surface area (Å²) in [5.41, 5.74) is 0.547. The van der Waals surface area contributed by atoms with Gasteiger partial charge in [0.1, 0.15) is 11.5 Å². The number of aromatic nitrogens is 2. The van der Waals surface area contributed by atoms with Crippen molar-refractivity contribution in [1.29, 1.82) is 0 Å². The Morgan fingerprint density at radius 2 is 2.10 bits per heavy atom. The van der Waals surface area contributed by atoms with E-state index in [4.69, 9.17) is 4.74 Å². The van der Waals surface area contributed by atoms with E-state index in [1.807, 2.05) is 28.3 Å². The van der Waals surface area contributed by atoms with Crippen molar-refractivity contribution < 1.29 is 19.4 Å². The van der Waals surface area contributed by atoms with Crippen LogP contribution in [0.2, 0.25) is 0 Å². The zero-order valence-corrected chi connectivity index (χ0v) is 17.2. The second kappa shape index (κ2) is 8.54. The van der Waals surface area contributed by atoms with Crippen LogP contribution in [0.15, 0.2) is 66.1 Å². The summed E-state index contributed by atoms with van der Waals surface area (Å²) in [5, 5.41) is 12.9. The highest BCUT2D eigenvalue weighted by Gasteiger charge is 2.46. The number of benzene rings is 1. The number of aliphatic hydroxyl groups excluding tert-OH is 1. The van der Waals surface area contributed by atoms with Crippen molar-refractivity contribution in [3.63, 3.8) is 0 Å². The lowest BCUT2D eigenvalue weighted by atomic mass is 9.99. The first kappa shape index (κ1) is 19.9. The van der Waals surface area contributed by atoms with Gasteiger partial charge in [-0.2, -0.15) is 0 Å². The number of amides is 1. The Morgan fingerprint density at radius 1 is 1.23 bits per heavy atom. The van der Waals surface area contributed by atoms with Gasteiger partial charge in [-0.1, -0.05) is 18.2 Å². The maximum absolute atomic E-state index is 12.9. The van der Waals surface area contributed by atoms with Crippen molar-refractivity contribution in [1.82, 2.24) is 14.5 Å². The van der Waals surface area contributed by atoms with E-state index in [0.717, 1.165) is 4.88 Å². The molecule has 1 aromatic carbocycles. The van der Waals surface area contributed by atoms with Gasteiger partial charge in [-0.15, -0.1) is 11.3 Å². The molecule has 1 atom stereocenters. The molecule has 4 rings (SSSR count). The standard InChI is InChI=1S/C22H21N3O4S/c1-29-16-6-2-5-15(13-16)20(26)18-19(17-7-3-12-30-17)25(22(28)21(18)27)10-4-9-24-11-8-23-14-24/h2-3,5-8,11-14,19,26H,4,9-10H2,1H3/b20-18+/t19-/m0/s1. The minimum Gasteiger partial charge on any atom is -0.507 e. The number of aliphatic hydroxyl groups is 1. The molecule has 7 nitrogen and oxygen atoms in total. The molecule has 1 aliphatic rings. The van der Waals surface area contributed by atoms with Gasteiger partial charge < -0.3 is 19.3 Å². The van der Waals surface area contributed by atoms with E-state index >= 15 is 0 Å². The Labute approximate surface area is 177 Å². The zero-order chi connectivity index (χ0) is 21.1. The molecule has 0 radical (unpaired) electrons. The van der Waals surface area contributed by atoms with E-state index in [-0.39, 0.29) is 11.3 Å². The number of hydrogen-bond acceptors (Lipinski definition) is 6. The predicted molar refractivity (Wildman–Crippen MR) is 113 cm³/mol. The highest BCUT2D eigenvalue weighted by molar-refractivity contribution is 7.10. The molecule has 0 bridgehead atoms. The van der Waals surface area contributed by atoms with Gasteiger partial charge in [0.05, 0.1) is 25.1 Å². The molecule has 0 aliphatic carbocycles. The Morgan fingerprint density at radius 3 is 2.80 bits per heavy atom. The number of carbonyl (C=O) groups excluding carboxylic acids is 2. The third kappa shape index (κ3) is 3.73. The van der Waals surface area contributed by atoms with Crippen LogP contribution in [0.5, 0.6) is 5.75 Å². The quantitative estimate of drug-likeness (QED) is 0.357. The van der Waals surface area contributed by atoms with Crippen molar-refractivity contribution >= 4 is 28.8 Å². The van der Waals surface area contributed by atoms with Crippen LogP contribution in [0.4, 0.5) is 0 Å². The average molecular weight is 423 g/mol. The topological polar surface area (TPSA) is 84.7 Å². The minimum absolute atomic E-state index is 0.110. The number of rotatable bonds is 7. The summed E-state index contributed by atoms with van der Waals surface area (Å²) in [6.45, 7) is 1.07. The fourth-order valence-corrected chi connectivity index (χ4v) is 4.47. The lowest BCUT2D eigenvalue weighted by molar-refractivity contribution is -0.139. The van der Waals surface area contributed by atoms with Gasteiger partial charge >= 0.3 is 0 Å². The van der Waals surface area contributed by atoms with E-state index in [1.54, 1.807) is 41.7 Å². The number of Topliss-reactive ketones (excluding diaryl/α,β-unsaturated/α-hetero) is 1. The first-order valence-corrected chi connectivity index (χ1v) is 10.4. The van der Waals surface area contributed by atoms with Crippen molar-refractivity contribution in [3.8, 4) is 5.75 Å². The zero-order valence-electron chi connectivity index (χ0n) is 16.4. The van der Waals surface area contributed by atoms with Crippen LogP contribution in [0.25, 0.3) is 5.76 Å². The Hall–Kier alpha value is -3.39. The molecule has 1 fully saturated rings. The van der Waals surface area contributed by atoms with Gasteiger partial charge in [0.2, 0.25) is 0 Å². The van der Waals surface area contributed by atoms with Crippen LogP contribution in [0.3, 0.4) is 0 Å². The number of carbonyl (C=O) groups is 2. The molecule has 1 N–H and O–H groups in total. The second-order valence-corrected chi connectivity index (χ2v) is 7.87. The third-order valence-electron chi connectivity index (χ3n) is 5.07. The fourth-order valence-electron chi connectivity index (χ4n) is 3.62. The van der Waals surface area contributed by atoms with Gasteiger partial charge in [-0.25, -0.2) is 4.98 Å². The van der Waals surface area contributed by atoms with Gasteiger partial charge in [0.25, 0.3) is 11.7 Å². The van der Waals surface area contributed by atoms with E-state index in [1.165, 1.54) is 18.4 Å². The third-order valence-corrected chi connectivity index (χ3v) is 6.00. The predicted octanol–water partition coefficient (Wildman–Crippen LogP) is 3.47. The second-order valence-electron chi connectivity index (χ2n) is 6.89. The summed E-state index contributed by atoms with van der Waals surface area (Å²) in [7, 11) is 1.53. The van der Waals surface area contributed by atoms with Crippen molar-refractivity contribution in [3.05, 3.63) is 76.5 Å². The summed E-state index contributed by atoms with van der Waals surface area (Å²) in [6, 6.07) is 9.96.